The first-order chi connectivity index (χ1) is 15.8. The van der Waals surface area contributed by atoms with Gasteiger partial charge in [-0.2, -0.15) is 4.31 Å². The molecule has 33 heavy (non-hydrogen) atoms. The van der Waals surface area contributed by atoms with Crippen molar-refractivity contribution in [1.82, 2.24) is 9.29 Å². The van der Waals surface area contributed by atoms with Gasteiger partial charge in [0, 0.05) is 18.7 Å². The highest BCUT2D eigenvalue weighted by atomic mass is 32.2. The van der Waals surface area contributed by atoms with Crippen molar-refractivity contribution in [1.29, 1.82) is 0 Å². The van der Waals surface area contributed by atoms with Gasteiger partial charge in [-0.15, -0.1) is 0 Å². The van der Waals surface area contributed by atoms with Crippen LogP contribution in [0.4, 0.5) is 5.69 Å². The fourth-order valence-electron chi connectivity index (χ4n) is 3.40. The maximum Gasteiger partial charge on any atom is 0.243 e. The summed E-state index contributed by atoms with van der Waals surface area (Å²) in [5, 5.41) is 2.78. The average Bonchev–Trinajstić information content (AvgIpc) is 3.16. The third-order valence-electron chi connectivity index (χ3n) is 5.11. The van der Waals surface area contributed by atoms with E-state index in [9.17, 15) is 13.2 Å². The lowest BCUT2D eigenvalue weighted by Crippen LogP contribution is -2.30. The molecule has 3 aromatic rings. The molecule has 0 atom stereocenters. The lowest BCUT2D eigenvalue weighted by Gasteiger charge is -2.20. The summed E-state index contributed by atoms with van der Waals surface area (Å²) in [7, 11) is -3.68. The Bertz CT molecular complexity index is 1200. The molecule has 176 valence electrons. The second-order valence-electron chi connectivity index (χ2n) is 7.29. The van der Waals surface area contributed by atoms with E-state index < -0.39 is 10.0 Å². The number of carbonyl (C=O) groups excluding carboxylic acids is 1. The van der Waals surface area contributed by atoms with Gasteiger partial charge in [0.1, 0.15) is 11.5 Å². The number of ether oxygens (including phenoxy) is 1. The van der Waals surface area contributed by atoms with E-state index >= 15 is 0 Å². The van der Waals surface area contributed by atoms with Crippen molar-refractivity contribution in [3.05, 3.63) is 60.0 Å². The van der Waals surface area contributed by atoms with E-state index in [1.807, 2.05) is 37.3 Å². The average molecular weight is 472 g/mol. The molecule has 2 aromatic carbocycles. The Balaban J connectivity index is 1.85. The molecule has 1 heterocycles. The monoisotopic (exact) mass is 471 g/mol. The fourth-order valence-corrected chi connectivity index (χ4v) is 4.89. The smallest absolute Gasteiger partial charge is 0.243 e. The molecule has 0 fully saturated rings. The van der Waals surface area contributed by atoms with Crippen molar-refractivity contribution >= 4 is 21.6 Å². The van der Waals surface area contributed by atoms with E-state index in [1.54, 1.807) is 26.8 Å². The standard InChI is InChI=1S/C24H29N3O5S/c1-5-27(6-2)33(29,30)19-13-14-22(31-7-3)21(15-19)25-23(28)16-20-17(4)32-24(26-20)18-11-9-8-10-12-18/h8-15H,5-7,16H2,1-4H3,(H,25,28). The lowest BCUT2D eigenvalue weighted by atomic mass is 10.2. The summed E-state index contributed by atoms with van der Waals surface area (Å²) in [5.74, 6) is 1.03. The van der Waals surface area contributed by atoms with Gasteiger partial charge < -0.3 is 14.5 Å². The van der Waals surface area contributed by atoms with E-state index in [4.69, 9.17) is 9.15 Å². The predicted molar refractivity (Wildman–Crippen MR) is 127 cm³/mol. The van der Waals surface area contributed by atoms with Crippen molar-refractivity contribution in [2.24, 2.45) is 0 Å². The third kappa shape index (κ3) is 5.61. The highest BCUT2D eigenvalue weighted by Gasteiger charge is 2.24. The first-order valence-electron chi connectivity index (χ1n) is 10.9. The number of carbonyl (C=O) groups is 1. The van der Waals surface area contributed by atoms with Crippen LogP contribution < -0.4 is 10.1 Å². The number of amides is 1. The Morgan fingerprint density at radius 2 is 1.79 bits per heavy atom. The van der Waals surface area contributed by atoms with Crippen LogP contribution in [-0.2, 0) is 21.2 Å². The predicted octanol–water partition coefficient (Wildman–Crippen LogP) is 4.26. The van der Waals surface area contributed by atoms with Crippen LogP contribution in [0.25, 0.3) is 11.5 Å². The molecular weight excluding hydrogens is 442 g/mol. The largest absolute Gasteiger partial charge is 0.492 e. The Hall–Kier alpha value is -3.17. The Kier molecular flexibility index (Phi) is 7.88. The molecule has 0 unspecified atom stereocenters. The van der Waals surface area contributed by atoms with Crippen molar-refractivity contribution in [2.45, 2.75) is 39.0 Å². The molecule has 0 bridgehead atoms. The van der Waals surface area contributed by atoms with Crippen LogP contribution in [0.3, 0.4) is 0 Å². The van der Waals surface area contributed by atoms with E-state index in [2.05, 4.69) is 10.3 Å². The molecule has 0 saturated carbocycles. The highest BCUT2D eigenvalue weighted by molar-refractivity contribution is 7.89. The van der Waals surface area contributed by atoms with E-state index in [-0.39, 0.29) is 17.2 Å². The zero-order valence-electron chi connectivity index (χ0n) is 19.3. The number of hydrogen-bond acceptors (Lipinski definition) is 6. The minimum absolute atomic E-state index is 0.0270. The number of anilines is 1. The van der Waals surface area contributed by atoms with Crippen molar-refractivity contribution in [3.8, 4) is 17.2 Å². The summed E-state index contributed by atoms with van der Waals surface area (Å²) in [6, 6.07) is 13.9. The van der Waals surface area contributed by atoms with Crippen LogP contribution in [-0.4, -0.2) is 43.3 Å². The summed E-state index contributed by atoms with van der Waals surface area (Å²) in [6.45, 7) is 8.20. The van der Waals surface area contributed by atoms with Gasteiger partial charge >= 0.3 is 0 Å². The van der Waals surface area contributed by atoms with Gasteiger partial charge in [0.25, 0.3) is 0 Å². The van der Waals surface area contributed by atoms with Crippen LogP contribution >= 0.6 is 0 Å². The number of sulfonamides is 1. The molecule has 8 nitrogen and oxygen atoms in total. The number of nitrogens with zero attached hydrogens (tertiary/aromatic N) is 2. The zero-order chi connectivity index (χ0) is 24.0. The number of benzene rings is 2. The molecule has 0 aliphatic heterocycles. The highest BCUT2D eigenvalue weighted by Crippen LogP contribution is 2.30. The number of aromatic nitrogens is 1. The molecule has 0 aliphatic rings. The van der Waals surface area contributed by atoms with Crippen molar-refractivity contribution in [2.75, 3.05) is 25.0 Å². The first-order valence-corrected chi connectivity index (χ1v) is 12.3. The zero-order valence-corrected chi connectivity index (χ0v) is 20.1. The molecular formula is C24H29N3O5S. The number of oxazole rings is 1. The topological polar surface area (TPSA) is 102 Å². The molecule has 3 rings (SSSR count). The van der Waals surface area contributed by atoms with Gasteiger partial charge in [-0.25, -0.2) is 13.4 Å². The third-order valence-corrected chi connectivity index (χ3v) is 7.16. The molecule has 9 heteroatoms. The van der Waals surface area contributed by atoms with Gasteiger partial charge in [-0.3, -0.25) is 4.79 Å². The Morgan fingerprint density at radius 3 is 2.42 bits per heavy atom. The van der Waals surface area contributed by atoms with Gasteiger partial charge in [-0.05, 0) is 44.2 Å². The molecule has 1 amide bonds. The van der Waals surface area contributed by atoms with E-state index in [0.717, 1.165) is 5.56 Å². The number of aryl methyl sites for hydroxylation is 1. The Labute approximate surface area is 194 Å². The van der Waals surface area contributed by atoms with Crippen LogP contribution in [0.2, 0.25) is 0 Å². The normalized spacial score (nSPS) is 11.5. The number of hydrogen-bond donors (Lipinski definition) is 1. The van der Waals surface area contributed by atoms with Gasteiger partial charge in [0.15, 0.2) is 0 Å². The van der Waals surface area contributed by atoms with E-state index in [0.29, 0.717) is 48.5 Å². The second kappa shape index (κ2) is 10.6. The van der Waals surface area contributed by atoms with Gasteiger partial charge in [0.2, 0.25) is 21.8 Å². The minimum Gasteiger partial charge on any atom is -0.492 e. The van der Waals surface area contributed by atoms with Crippen molar-refractivity contribution < 1.29 is 22.4 Å². The first kappa shape index (κ1) is 24.5. The van der Waals surface area contributed by atoms with Gasteiger partial charge in [-0.1, -0.05) is 32.0 Å². The summed E-state index contributed by atoms with van der Waals surface area (Å²) in [4.78, 5) is 17.4. The lowest BCUT2D eigenvalue weighted by molar-refractivity contribution is -0.115. The summed E-state index contributed by atoms with van der Waals surface area (Å²) in [6.07, 6.45) is -0.0270. The van der Waals surface area contributed by atoms with Crippen LogP contribution in [0.15, 0.2) is 57.8 Å². The second-order valence-corrected chi connectivity index (χ2v) is 9.23. The minimum atomic E-state index is -3.68. The fraction of sp³-hybridized carbons (Fsp3) is 0.333. The molecule has 0 aliphatic carbocycles. The quantitative estimate of drug-likeness (QED) is 0.474. The maximum atomic E-state index is 12.9. The molecule has 0 radical (unpaired) electrons. The number of nitrogens with one attached hydrogen (secondary N) is 1. The SMILES string of the molecule is CCOc1ccc(S(=O)(=O)N(CC)CC)cc1NC(=O)Cc1nc(-c2ccccc2)oc1C. The summed E-state index contributed by atoms with van der Waals surface area (Å²) >= 11 is 0. The van der Waals surface area contributed by atoms with Gasteiger partial charge in [0.05, 0.1) is 29.3 Å². The maximum absolute atomic E-state index is 12.9. The van der Waals surface area contributed by atoms with Crippen LogP contribution in [0.5, 0.6) is 5.75 Å². The molecule has 1 aromatic heterocycles. The Morgan fingerprint density at radius 1 is 1.09 bits per heavy atom. The molecule has 0 spiro atoms. The molecule has 0 saturated heterocycles. The van der Waals surface area contributed by atoms with E-state index in [1.165, 1.54) is 16.4 Å². The summed E-state index contributed by atoms with van der Waals surface area (Å²) in [5.41, 5.74) is 1.62. The van der Waals surface area contributed by atoms with Crippen molar-refractivity contribution in [3.63, 3.8) is 0 Å². The number of rotatable bonds is 10. The van der Waals surface area contributed by atoms with Crippen LogP contribution in [0, 0.1) is 6.92 Å². The summed E-state index contributed by atoms with van der Waals surface area (Å²) < 4.78 is 38.5. The van der Waals surface area contributed by atoms with Crippen LogP contribution in [0.1, 0.15) is 32.2 Å². The molecule has 1 N–H and O–H groups in total.